The smallest absolute Gasteiger partial charge is 0.261 e. The van der Waals surface area contributed by atoms with Gasteiger partial charge in [-0.25, -0.2) is 8.78 Å². The van der Waals surface area contributed by atoms with Gasteiger partial charge in [0.1, 0.15) is 11.8 Å². The van der Waals surface area contributed by atoms with Crippen LogP contribution < -0.4 is 15.5 Å². The second kappa shape index (κ2) is 13.6. The number of benzene rings is 1. The number of amides is 1. The molecular weight excluding hydrogens is 542 g/mol. The van der Waals surface area contributed by atoms with Crippen LogP contribution in [0.25, 0.3) is 5.57 Å². The highest BCUT2D eigenvalue weighted by atomic mass is 32.2. The van der Waals surface area contributed by atoms with Crippen molar-refractivity contribution in [1.29, 1.82) is 0 Å². The van der Waals surface area contributed by atoms with Crippen molar-refractivity contribution < 1.29 is 23.4 Å². The molecule has 2 aliphatic heterocycles. The number of thioether (sulfide) groups is 1. The molecule has 1 aromatic carbocycles. The quantitative estimate of drug-likeness (QED) is 0.103. The minimum absolute atomic E-state index is 0.309. The number of hydrogen-bond acceptors (Lipinski definition) is 8. The van der Waals surface area contributed by atoms with E-state index in [1.165, 1.54) is 19.4 Å². The van der Waals surface area contributed by atoms with E-state index in [2.05, 4.69) is 39.1 Å². The standard InChI is InChI=1S/C28H34F2N4O3S2/c1-31-33-25(8-6-18-3-4-18)39-34-27(35)20-7-5-19(9-10-28(36)11-13-38-14-12-28)15-21(20)22-16-23(26(29)30)32-17-24(22)37-2/h5,7,15-18,23,25-26,32-33,36H,1,3-4,9-14H2,2H3,(H,34,35). The Hall–Kier alpha value is -2.68. The molecule has 0 bridgehead atoms. The number of nitrogens with zero attached hydrogens (tertiary/aromatic N) is 1. The molecule has 210 valence electrons. The lowest BCUT2D eigenvalue weighted by atomic mass is 9.87. The molecule has 7 nitrogen and oxygen atoms in total. The van der Waals surface area contributed by atoms with Crippen molar-refractivity contribution in [2.45, 2.75) is 62.0 Å². The van der Waals surface area contributed by atoms with E-state index in [9.17, 15) is 18.7 Å². The van der Waals surface area contributed by atoms with E-state index in [0.29, 0.717) is 41.2 Å². The molecule has 39 heavy (non-hydrogen) atoms. The van der Waals surface area contributed by atoms with Crippen LogP contribution in [-0.4, -0.2) is 59.8 Å². The van der Waals surface area contributed by atoms with Crippen molar-refractivity contribution in [3.05, 3.63) is 52.9 Å². The Balaban J connectivity index is 1.60. The average Bonchev–Trinajstić information content (AvgIpc) is 3.78. The van der Waals surface area contributed by atoms with Crippen LogP contribution in [0.15, 0.2) is 41.3 Å². The number of nitrogens with one attached hydrogen (secondary N) is 3. The summed E-state index contributed by atoms with van der Waals surface area (Å²) in [5, 5.41) is 16.8. The Labute approximate surface area is 236 Å². The molecule has 0 radical (unpaired) electrons. The monoisotopic (exact) mass is 576 g/mol. The number of ether oxygens (including phenoxy) is 1. The van der Waals surface area contributed by atoms with Gasteiger partial charge in [0.25, 0.3) is 12.3 Å². The van der Waals surface area contributed by atoms with Crippen LogP contribution in [0.4, 0.5) is 8.78 Å². The summed E-state index contributed by atoms with van der Waals surface area (Å²) in [6, 6.07) is 4.15. The highest BCUT2D eigenvalue weighted by molar-refractivity contribution is 7.99. The largest absolute Gasteiger partial charge is 0.495 e. The lowest BCUT2D eigenvalue weighted by molar-refractivity contribution is 0.0236. The number of carbonyl (C=O) groups excluding carboxylic acids is 1. The Morgan fingerprint density at radius 2 is 2.15 bits per heavy atom. The van der Waals surface area contributed by atoms with Crippen LogP contribution in [0.3, 0.4) is 0 Å². The van der Waals surface area contributed by atoms with E-state index in [1.807, 2.05) is 23.9 Å². The van der Waals surface area contributed by atoms with E-state index in [1.54, 1.807) is 6.07 Å². The maximum Gasteiger partial charge on any atom is 0.261 e. The lowest BCUT2D eigenvalue weighted by Crippen LogP contribution is -2.34. The number of halogens is 2. The summed E-state index contributed by atoms with van der Waals surface area (Å²) in [5.74, 6) is 8.38. The number of rotatable bonds is 11. The van der Waals surface area contributed by atoms with Gasteiger partial charge in [0, 0.05) is 30.0 Å². The van der Waals surface area contributed by atoms with Crippen molar-refractivity contribution in [3.8, 4) is 11.8 Å². The topological polar surface area (TPSA) is 95.0 Å². The first-order valence-corrected chi connectivity index (χ1v) is 15.0. The number of aryl methyl sites for hydroxylation is 1. The van der Waals surface area contributed by atoms with Gasteiger partial charge in [0.2, 0.25) is 0 Å². The molecule has 4 N–H and O–H groups in total. The number of dihydropyridines is 1. The van der Waals surface area contributed by atoms with Crippen molar-refractivity contribution >= 4 is 41.9 Å². The maximum absolute atomic E-state index is 13.6. The fourth-order valence-electron chi connectivity index (χ4n) is 4.40. The predicted octanol–water partition coefficient (Wildman–Crippen LogP) is 4.31. The van der Waals surface area contributed by atoms with E-state index >= 15 is 0 Å². The Kier molecular flexibility index (Phi) is 10.2. The second-order valence-electron chi connectivity index (χ2n) is 9.82. The van der Waals surface area contributed by atoms with Crippen LogP contribution >= 0.6 is 23.7 Å². The summed E-state index contributed by atoms with van der Waals surface area (Å²) < 4.78 is 35.6. The number of alkyl halides is 2. The maximum atomic E-state index is 13.6. The Morgan fingerprint density at radius 3 is 2.82 bits per heavy atom. The Bertz CT molecular complexity index is 1170. The van der Waals surface area contributed by atoms with E-state index in [4.69, 9.17) is 4.74 Å². The third kappa shape index (κ3) is 8.16. The summed E-state index contributed by atoms with van der Waals surface area (Å²) >= 11 is 2.91. The second-order valence-corrected chi connectivity index (χ2v) is 12.0. The molecule has 1 saturated carbocycles. The molecular formula is C28H34F2N4O3S2. The molecule has 2 fully saturated rings. The fourth-order valence-corrected chi connectivity index (χ4v) is 6.24. The molecule has 1 amide bonds. The zero-order valence-corrected chi connectivity index (χ0v) is 23.5. The zero-order chi connectivity index (χ0) is 27.8. The number of hydrogen-bond donors (Lipinski definition) is 4. The van der Waals surface area contributed by atoms with Gasteiger partial charge >= 0.3 is 0 Å². The SMILES string of the molecule is C=NNC(C#CC1CC1)SNC(=O)c1ccc(CCC2(O)CCSCC2)cc1C1=CC(C(F)F)NC=C1OC. The summed E-state index contributed by atoms with van der Waals surface area (Å²) in [4.78, 5) is 13.4. The minimum Gasteiger partial charge on any atom is -0.495 e. The first kappa shape index (κ1) is 29.3. The van der Waals surface area contributed by atoms with Gasteiger partial charge in [-0.15, -0.1) is 0 Å². The van der Waals surface area contributed by atoms with Crippen LogP contribution in [0.5, 0.6) is 0 Å². The normalized spacial score (nSPS) is 20.9. The van der Waals surface area contributed by atoms with E-state index in [0.717, 1.165) is 54.7 Å². The van der Waals surface area contributed by atoms with Crippen LogP contribution in [0.2, 0.25) is 0 Å². The van der Waals surface area contributed by atoms with Gasteiger partial charge < -0.3 is 15.2 Å². The molecule has 2 unspecified atom stereocenters. The molecule has 0 spiro atoms. The average molecular weight is 577 g/mol. The molecule has 3 aliphatic rings. The van der Waals surface area contributed by atoms with Crippen LogP contribution in [0, 0.1) is 17.8 Å². The van der Waals surface area contributed by atoms with Crippen molar-refractivity contribution in [2.75, 3.05) is 18.6 Å². The molecule has 2 atom stereocenters. The van der Waals surface area contributed by atoms with Gasteiger partial charge in [-0.2, -0.15) is 16.9 Å². The highest BCUT2D eigenvalue weighted by Gasteiger charge is 2.30. The fraction of sp³-hybridized carbons (Fsp3) is 0.500. The van der Waals surface area contributed by atoms with Crippen molar-refractivity contribution in [1.82, 2.24) is 15.5 Å². The molecule has 0 aromatic heterocycles. The minimum atomic E-state index is -2.65. The van der Waals surface area contributed by atoms with Gasteiger partial charge in [-0.3, -0.25) is 14.9 Å². The first-order valence-electron chi connectivity index (χ1n) is 12.9. The molecule has 11 heteroatoms. The molecule has 1 aliphatic carbocycles. The molecule has 4 rings (SSSR count). The van der Waals surface area contributed by atoms with Gasteiger partial charge in [0.05, 0.1) is 12.7 Å². The number of hydrazone groups is 1. The third-order valence-electron chi connectivity index (χ3n) is 6.91. The third-order valence-corrected chi connectivity index (χ3v) is 8.65. The van der Waals surface area contributed by atoms with Gasteiger partial charge in [-0.1, -0.05) is 24.0 Å². The number of methoxy groups -OCH3 is 1. The van der Waals surface area contributed by atoms with Gasteiger partial charge in [-0.05, 0) is 85.2 Å². The number of allylic oxidation sites excluding steroid dienone is 1. The molecule has 1 aromatic rings. The van der Waals surface area contributed by atoms with Crippen molar-refractivity contribution in [2.24, 2.45) is 11.0 Å². The highest BCUT2D eigenvalue weighted by Crippen LogP contribution is 2.34. The summed E-state index contributed by atoms with van der Waals surface area (Å²) in [7, 11) is 1.46. The lowest BCUT2D eigenvalue weighted by Gasteiger charge is -2.32. The first-order chi connectivity index (χ1) is 18.8. The zero-order valence-electron chi connectivity index (χ0n) is 21.8. The van der Waals surface area contributed by atoms with E-state index < -0.39 is 29.3 Å². The summed E-state index contributed by atoms with van der Waals surface area (Å²) in [5.41, 5.74) is 4.15. The van der Waals surface area contributed by atoms with Crippen LogP contribution in [0.1, 0.15) is 53.6 Å². The molecule has 2 heterocycles. The van der Waals surface area contributed by atoms with Gasteiger partial charge in [0.15, 0.2) is 5.37 Å². The summed E-state index contributed by atoms with van der Waals surface area (Å²) in [6.45, 7) is 3.44. The number of carbonyl (C=O) groups is 1. The predicted molar refractivity (Wildman–Crippen MR) is 154 cm³/mol. The Morgan fingerprint density at radius 1 is 1.38 bits per heavy atom. The summed E-state index contributed by atoms with van der Waals surface area (Å²) in [6.07, 6.45) is 4.96. The van der Waals surface area contributed by atoms with E-state index in [-0.39, 0.29) is 0 Å². The van der Waals surface area contributed by atoms with Crippen molar-refractivity contribution in [3.63, 3.8) is 0 Å². The van der Waals surface area contributed by atoms with Crippen LogP contribution in [-0.2, 0) is 11.2 Å². The molecule has 1 saturated heterocycles. The number of aliphatic hydroxyl groups is 1.